The highest BCUT2D eigenvalue weighted by molar-refractivity contribution is 5.92. The van der Waals surface area contributed by atoms with Crippen molar-refractivity contribution in [2.24, 2.45) is 0 Å². The van der Waals surface area contributed by atoms with Gasteiger partial charge in [0.15, 0.2) is 0 Å². The Morgan fingerprint density at radius 2 is 1.67 bits per heavy atom. The molecule has 0 spiro atoms. The summed E-state index contributed by atoms with van der Waals surface area (Å²) in [6, 6.07) is 21.3. The van der Waals surface area contributed by atoms with E-state index in [0.29, 0.717) is 12.2 Å². The van der Waals surface area contributed by atoms with Gasteiger partial charge in [-0.15, -0.1) is 0 Å². The molecule has 2 aromatic carbocycles. The zero-order valence-electron chi connectivity index (χ0n) is 13.3. The van der Waals surface area contributed by atoms with Crippen molar-refractivity contribution in [3.63, 3.8) is 0 Å². The van der Waals surface area contributed by atoms with Gasteiger partial charge in [0.25, 0.3) is 5.91 Å². The Bertz CT molecular complexity index is 797. The van der Waals surface area contributed by atoms with E-state index in [9.17, 15) is 4.79 Å². The molecule has 0 fully saturated rings. The molecule has 24 heavy (non-hydrogen) atoms. The minimum atomic E-state index is -0.162. The van der Waals surface area contributed by atoms with Crippen molar-refractivity contribution in [1.82, 2.24) is 10.3 Å². The third-order valence-electron chi connectivity index (χ3n) is 3.78. The Morgan fingerprint density at radius 1 is 0.917 bits per heavy atom. The number of pyridine rings is 1. The van der Waals surface area contributed by atoms with Crippen molar-refractivity contribution in [2.45, 2.75) is 6.42 Å². The maximum absolute atomic E-state index is 12.1. The molecule has 1 amide bonds. The number of benzene rings is 2. The fraction of sp³-hybridized carbons (Fsp3) is 0.100. The second kappa shape index (κ2) is 7.42. The first-order chi connectivity index (χ1) is 11.7. The van der Waals surface area contributed by atoms with E-state index in [4.69, 9.17) is 5.73 Å². The number of carbonyl (C=O) groups is 1. The molecule has 0 radical (unpaired) electrons. The predicted molar refractivity (Wildman–Crippen MR) is 96.6 cm³/mol. The number of aromatic nitrogens is 1. The van der Waals surface area contributed by atoms with Gasteiger partial charge in [-0.3, -0.25) is 9.78 Å². The molecule has 0 saturated heterocycles. The van der Waals surface area contributed by atoms with E-state index in [2.05, 4.69) is 10.3 Å². The van der Waals surface area contributed by atoms with Gasteiger partial charge >= 0.3 is 0 Å². The third-order valence-corrected chi connectivity index (χ3v) is 3.78. The van der Waals surface area contributed by atoms with Gasteiger partial charge in [-0.25, -0.2) is 0 Å². The molecule has 120 valence electrons. The summed E-state index contributed by atoms with van der Waals surface area (Å²) in [7, 11) is 0. The second-order valence-corrected chi connectivity index (χ2v) is 5.55. The van der Waals surface area contributed by atoms with Crippen LogP contribution < -0.4 is 11.1 Å². The number of anilines is 1. The Balaban J connectivity index is 1.56. The molecule has 0 aliphatic carbocycles. The normalized spacial score (nSPS) is 10.3. The maximum Gasteiger partial charge on any atom is 0.269 e. The summed E-state index contributed by atoms with van der Waals surface area (Å²) in [5.74, 6) is -0.162. The Morgan fingerprint density at radius 3 is 2.33 bits per heavy atom. The van der Waals surface area contributed by atoms with Gasteiger partial charge in [0.1, 0.15) is 5.69 Å². The fourth-order valence-electron chi connectivity index (χ4n) is 2.42. The summed E-state index contributed by atoms with van der Waals surface area (Å²) in [5.41, 5.74) is 10.0. The Labute approximate surface area is 141 Å². The van der Waals surface area contributed by atoms with Crippen LogP contribution in [0.4, 0.5) is 5.69 Å². The first kappa shape index (κ1) is 15.7. The molecule has 4 nitrogen and oxygen atoms in total. The average molecular weight is 317 g/mol. The lowest BCUT2D eigenvalue weighted by molar-refractivity contribution is 0.0949. The smallest absolute Gasteiger partial charge is 0.269 e. The molecule has 0 saturated carbocycles. The Hall–Kier alpha value is -3.14. The molecule has 1 heterocycles. The highest BCUT2D eigenvalue weighted by atomic mass is 16.1. The highest BCUT2D eigenvalue weighted by Gasteiger charge is 2.07. The van der Waals surface area contributed by atoms with Crippen LogP contribution in [0.3, 0.4) is 0 Å². The topological polar surface area (TPSA) is 68.0 Å². The lowest BCUT2D eigenvalue weighted by Crippen LogP contribution is -2.26. The monoisotopic (exact) mass is 317 g/mol. The molecule has 3 rings (SSSR count). The molecule has 0 bridgehead atoms. The Kier molecular flexibility index (Phi) is 4.87. The van der Waals surface area contributed by atoms with E-state index < -0.39 is 0 Å². The summed E-state index contributed by atoms with van der Waals surface area (Å²) in [6.45, 7) is 0.560. The molecule has 4 heteroatoms. The standard InChI is InChI=1S/C20H19N3O/c21-18-9-6-15(7-10-18)12-13-22-20(24)19-11-8-17(14-23-19)16-4-2-1-3-5-16/h1-11,14H,12-13,21H2,(H,22,24). The summed E-state index contributed by atoms with van der Waals surface area (Å²) in [5, 5.41) is 2.89. The van der Waals surface area contributed by atoms with Crippen LogP contribution in [0, 0.1) is 0 Å². The van der Waals surface area contributed by atoms with Gasteiger partial charge in [0, 0.05) is 24.0 Å². The molecule has 0 aliphatic rings. The molecule has 0 aliphatic heterocycles. The van der Waals surface area contributed by atoms with Gasteiger partial charge in [0.05, 0.1) is 0 Å². The second-order valence-electron chi connectivity index (χ2n) is 5.55. The quantitative estimate of drug-likeness (QED) is 0.709. The SMILES string of the molecule is Nc1ccc(CCNC(=O)c2ccc(-c3ccccc3)cn2)cc1. The average Bonchev–Trinajstić information content (AvgIpc) is 2.64. The van der Waals surface area contributed by atoms with Crippen LogP contribution in [-0.4, -0.2) is 17.4 Å². The number of rotatable bonds is 5. The predicted octanol–water partition coefficient (Wildman–Crippen LogP) is 3.30. The number of hydrogen-bond donors (Lipinski definition) is 2. The van der Waals surface area contributed by atoms with Gasteiger partial charge < -0.3 is 11.1 Å². The lowest BCUT2D eigenvalue weighted by Gasteiger charge is -2.06. The van der Waals surface area contributed by atoms with Gasteiger partial charge in [0.2, 0.25) is 0 Å². The summed E-state index contributed by atoms with van der Waals surface area (Å²) in [4.78, 5) is 16.4. The summed E-state index contributed by atoms with van der Waals surface area (Å²) >= 11 is 0. The molecular formula is C20H19N3O. The van der Waals surface area contributed by atoms with Crippen LogP contribution in [0.2, 0.25) is 0 Å². The number of amides is 1. The first-order valence-electron chi connectivity index (χ1n) is 7.86. The molecule has 3 aromatic rings. The van der Waals surface area contributed by atoms with E-state index in [1.54, 1.807) is 12.3 Å². The van der Waals surface area contributed by atoms with Crippen molar-refractivity contribution in [3.8, 4) is 11.1 Å². The minimum Gasteiger partial charge on any atom is -0.399 e. The number of nitrogen functional groups attached to an aromatic ring is 1. The zero-order valence-corrected chi connectivity index (χ0v) is 13.3. The molecular weight excluding hydrogens is 298 g/mol. The zero-order chi connectivity index (χ0) is 16.8. The van der Waals surface area contributed by atoms with Crippen molar-refractivity contribution < 1.29 is 4.79 Å². The molecule has 3 N–H and O–H groups in total. The molecule has 0 atom stereocenters. The van der Waals surface area contributed by atoms with Crippen molar-refractivity contribution in [2.75, 3.05) is 12.3 Å². The van der Waals surface area contributed by atoms with E-state index in [1.807, 2.05) is 60.7 Å². The largest absolute Gasteiger partial charge is 0.399 e. The number of carbonyl (C=O) groups excluding carboxylic acids is 1. The van der Waals surface area contributed by atoms with E-state index in [-0.39, 0.29) is 5.91 Å². The van der Waals surface area contributed by atoms with Gasteiger partial charge in [-0.05, 0) is 35.7 Å². The number of hydrogen-bond acceptors (Lipinski definition) is 3. The minimum absolute atomic E-state index is 0.162. The van der Waals surface area contributed by atoms with E-state index in [1.165, 1.54) is 0 Å². The van der Waals surface area contributed by atoms with Crippen molar-refractivity contribution in [3.05, 3.63) is 84.2 Å². The van der Waals surface area contributed by atoms with Crippen LogP contribution >= 0.6 is 0 Å². The fourth-order valence-corrected chi connectivity index (χ4v) is 2.42. The first-order valence-corrected chi connectivity index (χ1v) is 7.86. The number of nitrogens with one attached hydrogen (secondary N) is 1. The van der Waals surface area contributed by atoms with Crippen LogP contribution in [-0.2, 0) is 6.42 Å². The highest BCUT2D eigenvalue weighted by Crippen LogP contribution is 2.17. The van der Waals surface area contributed by atoms with E-state index in [0.717, 1.165) is 28.8 Å². The number of nitrogens with zero attached hydrogens (tertiary/aromatic N) is 1. The molecule has 1 aromatic heterocycles. The van der Waals surface area contributed by atoms with Crippen molar-refractivity contribution in [1.29, 1.82) is 0 Å². The molecule has 0 unspecified atom stereocenters. The van der Waals surface area contributed by atoms with Crippen LogP contribution in [0.25, 0.3) is 11.1 Å². The number of nitrogens with two attached hydrogens (primary N) is 1. The van der Waals surface area contributed by atoms with Crippen LogP contribution in [0.15, 0.2) is 72.9 Å². The van der Waals surface area contributed by atoms with Crippen molar-refractivity contribution >= 4 is 11.6 Å². The third kappa shape index (κ3) is 3.98. The summed E-state index contributed by atoms with van der Waals surface area (Å²) in [6.07, 6.45) is 2.48. The van der Waals surface area contributed by atoms with Crippen LogP contribution in [0.1, 0.15) is 16.1 Å². The summed E-state index contributed by atoms with van der Waals surface area (Å²) < 4.78 is 0. The van der Waals surface area contributed by atoms with Crippen LogP contribution in [0.5, 0.6) is 0 Å². The lowest BCUT2D eigenvalue weighted by atomic mass is 10.1. The van der Waals surface area contributed by atoms with E-state index >= 15 is 0 Å². The van der Waals surface area contributed by atoms with Gasteiger partial charge in [-0.1, -0.05) is 48.5 Å². The maximum atomic E-state index is 12.1. The van der Waals surface area contributed by atoms with Gasteiger partial charge in [-0.2, -0.15) is 0 Å².